The van der Waals surface area contributed by atoms with Gasteiger partial charge in [0.15, 0.2) is 0 Å². The van der Waals surface area contributed by atoms with Crippen LogP contribution in [0.15, 0.2) is 0 Å². The number of hydrogen-bond donors (Lipinski definition) is 1. The molecule has 0 unspecified atom stereocenters. The summed E-state index contributed by atoms with van der Waals surface area (Å²) in [5.74, 6) is 0. The van der Waals surface area contributed by atoms with Gasteiger partial charge < -0.3 is 4.89 Å². The molecule has 0 amide bonds. The second-order valence-electron chi connectivity index (χ2n) is 3.64. The van der Waals surface area contributed by atoms with Gasteiger partial charge in [-0.2, -0.15) is 52.7 Å². The molecular formula is C6H3F12O2P. The Morgan fingerprint density at radius 3 is 0.810 bits per heavy atom. The molecule has 0 atom stereocenters. The molecule has 0 aliphatic carbocycles. The Kier molecular flexibility index (Phi) is 5.05. The van der Waals surface area contributed by atoms with E-state index in [1.54, 1.807) is 0 Å². The minimum atomic E-state index is -7.90. The van der Waals surface area contributed by atoms with Crippen LogP contribution >= 0.6 is 7.37 Å². The van der Waals surface area contributed by atoms with E-state index >= 15 is 0 Å². The maximum Gasteiger partial charge on any atom is 0.409 e. The van der Waals surface area contributed by atoms with Gasteiger partial charge in [0.1, 0.15) is 0 Å². The first kappa shape index (κ1) is 20.3. The molecule has 0 spiro atoms. The zero-order valence-corrected chi connectivity index (χ0v) is 9.89. The molecule has 0 saturated carbocycles. The summed E-state index contributed by atoms with van der Waals surface area (Å²) in [7, 11) is -7.90. The average molecular weight is 366 g/mol. The second kappa shape index (κ2) is 5.21. The highest BCUT2D eigenvalue weighted by Crippen LogP contribution is 2.67. The van der Waals surface area contributed by atoms with E-state index in [4.69, 9.17) is 4.89 Å². The number of alkyl halides is 12. The normalized spacial score (nSPS) is 16.0. The minimum Gasteiger partial charge on any atom is -0.343 e. The van der Waals surface area contributed by atoms with E-state index in [0.717, 1.165) is 0 Å². The monoisotopic (exact) mass is 366 g/mol. The predicted octanol–water partition coefficient (Wildman–Crippen LogP) is 4.24. The largest absolute Gasteiger partial charge is 0.409 e. The summed E-state index contributed by atoms with van der Waals surface area (Å²) in [4.78, 5) is 8.45. The van der Waals surface area contributed by atoms with Crippen LogP contribution in [-0.4, -0.2) is 40.9 Å². The van der Waals surface area contributed by atoms with E-state index < -0.39 is 43.4 Å². The highest BCUT2D eigenvalue weighted by atomic mass is 31.2. The van der Waals surface area contributed by atoms with Crippen molar-refractivity contribution in [3.8, 4) is 0 Å². The zero-order valence-electron chi connectivity index (χ0n) is 8.99. The molecule has 0 fully saturated rings. The standard InChI is InChI=1S/C6H3F12O2P/c7-3(8,9)1(4(10,11)12)21(19,20)2(5(13,14)15)6(16,17)18/h1-2H,(H,19,20). The molecule has 1 N–H and O–H groups in total. The van der Waals surface area contributed by atoms with Crippen LogP contribution in [0.2, 0.25) is 0 Å². The molecule has 2 nitrogen and oxygen atoms in total. The summed E-state index contributed by atoms with van der Waals surface area (Å²) < 4.78 is 156. The smallest absolute Gasteiger partial charge is 0.343 e. The summed E-state index contributed by atoms with van der Waals surface area (Å²) in [5.41, 5.74) is -11.4. The van der Waals surface area contributed by atoms with Gasteiger partial charge in [0, 0.05) is 0 Å². The van der Waals surface area contributed by atoms with Crippen LogP contribution in [0.3, 0.4) is 0 Å². The average Bonchev–Trinajstić information content (AvgIpc) is 1.84. The van der Waals surface area contributed by atoms with Gasteiger partial charge >= 0.3 is 24.7 Å². The Bertz CT molecular complexity index is 349. The van der Waals surface area contributed by atoms with Gasteiger partial charge in [-0.05, 0) is 0 Å². The molecule has 128 valence electrons. The van der Waals surface area contributed by atoms with Crippen molar-refractivity contribution >= 4 is 7.37 Å². The van der Waals surface area contributed by atoms with E-state index in [-0.39, 0.29) is 0 Å². The van der Waals surface area contributed by atoms with Crippen LogP contribution in [0.1, 0.15) is 0 Å². The molecule has 0 saturated heterocycles. The van der Waals surface area contributed by atoms with Gasteiger partial charge in [0.05, 0.1) is 0 Å². The van der Waals surface area contributed by atoms with Crippen molar-refractivity contribution in [1.29, 1.82) is 0 Å². The quantitative estimate of drug-likeness (QED) is 0.586. The third-order valence-corrected chi connectivity index (χ3v) is 4.63. The maximum absolute atomic E-state index is 12.1. The van der Waals surface area contributed by atoms with Crippen LogP contribution < -0.4 is 0 Å². The molecule has 0 aromatic heterocycles. The van der Waals surface area contributed by atoms with Gasteiger partial charge in [0.2, 0.25) is 18.7 Å². The predicted molar refractivity (Wildman–Crippen MR) is 41.6 cm³/mol. The van der Waals surface area contributed by atoms with Crippen LogP contribution in [0.25, 0.3) is 0 Å². The lowest BCUT2D eigenvalue weighted by Crippen LogP contribution is -2.51. The molecule has 0 aliphatic heterocycles. The van der Waals surface area contributed by atoms with Crippen molar-refractivity contribution in [2.75, 3.05) is 0 Å². The molecule has 0 rings (SSSR count). The molecule has 0 radical (unpaired) electrons. The summed E-state index contributed by atoms with van der Waals surface area (Å²) >= 11 is 0. The SMILES string of the molecule is O=P(O)(C(C(F)(F)F)C(F)(F)F)C(C(F)(F)F)C(F)(F)F. The van der Waals surface area contributed by atoms with E-state index in [1.165, 1.54) is 0 Å². The zero-order chi connectivity index (χ0) is 17.7. The Labute approximate surface area is 107 Å². The first-order chi connectivity index (χ1) is 8.73. The number of halogens is 12. The molecule has 0 aliphatic rings. The lowest BCUT2D eigenvalue weighted by molar-refractivity contribution is -0.241. The van der Waals surface area contributed by atoms with Crippen molar-refractivity contribution in [2.24, 2.45) is 0 Å². The van der Waals surface area contributed by atoms with Crippen molar-refractivity contribution in [2.45, 2.75) is 36.0 Å². The van der Waals surface area contributed by atoms with Gasteiger partial charge in [-0.25, -0.2) is 0 Å². The molecule has 0 bridgehead atoms. The van der Waals surface area contributed by atoms with Crippen molar-refractivity contribution in [3.05, 3.63) is 0 Å². The van der Waals surface area contributed by atoms with Crippen molar-refractivity contribution in [3.63, 3.8) is 0 Å². The van der Waals surface area contributed by atoms with Crippen LogP contribution in [0, 0.1) is 0 Å². The Morgan fingerprint density at radius 1 is 0.571 bits per heavy atom. The highest BCUT2D eigenvalue weighted by Gasteiger charge is 2.76. The molecular weight excluding hydrogens is 363 g/mol. The lowest BCUT2D eigenvalue weighted by atomic mass is 10.4. The fourth-order valence-electron chi connectivity index (χ4n) is 1.36. The van der Waals surface area contributed by atoms with E-state index in [2.05, 4.69) is 0 Å². The number of rotatable bonds is 2. The lowest BCUT2D eigenvalue weighted by Gasteiger charge is -2.33. The Morgan fingerprint density at radius 2 is 0.714 bits per heavy atom. The first-order valence-electron chi connectivity index (χ1n) is 4.32. The van der Waals surface area contributed by atoms with Crippen molar-refractivity contribution < 1.29 is 62.1 Å². The fraction of sp³-hybridized carbons (Fsp3) is 1.00. The summed E-state index contributed by atoms with van der Waals surface area (Å²) in [5, 5.41) is 0. The Balaban J connectivity index is 6.29. The molecule has 21 heavy (non-hydrogen) atoms. The van der Waals surface area contributed by atoms with Gasteiger partial charge in [-0.3, -0.25) is 4.57 Å². The van der Waals surface area contributed by atoms with Gasteiger partial charge in [-0.15, -0.1) is 0 Å². The molecule has 0 heterocycles. The third kappa shape index (κ3) is 4.66. The fourth-order valence-corrected chi connectivity index (χ4v) is 3.34. The Hall–Kier alpha value is -0.650. The first-order valence-corrected chi connectivity index (χ1v) is 6.12. The molecule has 0 aromatic rings. The van der Waals surface area contributed by atoms with E-state index in [9.17, 15) is 57.3 Å². The number of hydrogen-bond acceptors (Lipinski definition) is 1. The molecule has 15 heteroatoms. The van der Waals surface area contributed by atoms with Crippen LogP contribution in [-0.2, 0) is 4.57 Å². The molecule has 0 aromatic carbocycles. The summed E-state index contributed by atoms with van der Waals surface area (Å²) in [6.45, 7) is 0. The second-order valence-corrected chi connectivity index (χ2v) is 6.02. The van der Waals surface area contributed by atoms with E-state index in [0.29, 0.717) is 0 Å². The van der Waals surface area contributed by atoms with Gasteiger partial charge in [-0.1, -0.05) is 0 Å². The van der Waals surface area contributed by atoms with Crippen molar-refractivity contribution in [1.82, 2.24) is 0 Å². The summed E-state index contributed by atoms with van der Waals surface area (Å²) in [6, 6.07) is 0. The van der Waals surface area contributed by atoms with Crippen LogP contribution in [0.4, 0.5) is 52.7 Å². The van der Waals surface area contributed by atoms with E-state index in [1.807, 2.05) is 0 Å². The topological polar surface area (TPSA) is 37.3 Å². The maximum atomic E-state index is 12.1. The minimum absolute atomic E-state index is 5.68. The third-order valence-electron chi connectivity index (χ3n) is 1.98. The van der Waals surface area contributed by atoms with Gasteiger partial charge in [0.25, 0.3) is 0 Å². The summed E-state index contributed by atoms with van der Waals surface area (Å²) in [6.07, 6.45) is -27.3. The van der Waals surface area contributed by atoms with Crippen LogP contribution in [0.5, 0.6) is 0 Å². The highest BCUT2D eigenvalue weighted by molar-refractivity contribution is 7.59.